The van der Waals surface area contributed by atoms with E-state index in [1.54, 1.807) is 11.3 Å². The average Bonchev–Trinajstić information content (AvgIpc) is 2.87. The largest absolute Gasteiger partial charge is 1.00 e. The van der Waals surface area contributed by atoms with Crippen molar-refractivity contribution in [2.45, 2.75) is 13.8 Å². The van der Waals surface area contributed by atoms with Gasteiger partial charge in [0.15, 0.2) is 0 Å². The van der Waals surface area contributed by atoms with Gasteiger partial charge < -0.3 is 22.6 Å². The van der Waals surface area contributed by atoms with Crippen molar-refractivity contribution in [3.8, 4) is 0 Å². The monoisotopic (exact) mass is 312 g/mol. The molecule has 20 heavy (non-hydrogen) atoms. The number of carbonyl (C=O) groups excluding carboxylic acids is 1. The minimum atomic E-state index is 0. The summed E-state index contributed by atoms with van der Waals surface area (Å²) in [5.41, 5.74) is 0.801. The van der Waals surface area contributed by atoms with E-state index in [0.717, 1.165) is 37.1 Å². The van der Waals surface area contributed by atoms with Crippen molar-refractivity contribution in [1.82, 2.24) is 5.32 Å². The van der Waals surface area contributed by atoms with E-state index in [1.807, 2.05) is 23.6 Å². The zero-order chi connectivity index (χ0) is 13.7. The number of hydrogen-bond donors (Lipinski definition) is 2. The van der Waals surface area contributed by atoms with Gasteiger partial charge in [0.2, 0.25) is 0 Å². The number of benzene rings is 1. The van der Waals surface area contributed by atoms with E-state index in [-0.39, 0.29) is 18.3 Å². The number of rotatable bonds is 6. The molecule has 0 radical (unpaired) electrons. The molecule has 3 nitrogen and oxygen atoms in total. The predicted molar refractivity (Wildman–Crippen MR) is 81.1 cm³/mol. The van der Waals surface area contributed by atoms with Crippen LogP contribution in [0, 0.1) is 0 Å². The zero-order valence-electron chi connectivity index (χ0n) is 11.9. The summed E-state index contributed by atoms with van der Waals surface area (Å²) in [6.07, 6.45) is 0. The van der Waals surface area contributed by atoms with E-state index >= 15 is 0 Å². The highest BCUT2D eigenvalue weighted by atomic mass is 35.5. The van der Waals surface area contributed by atoms with Crippen LogP contribution in [0.2, 0.25) is 0 Å². The minimum Gasteiger partial charge on any atom is -1.00 e. The maximum absolute atomic E-state index is 12.2. The van der Waals surface area contributed by atoms with Gasteiger partial charge in [0.1, 0.15) is 0 Å². The van der Waals surface area contributed by atoms with Crippen LogP contribution < -0.4 is 22.6 Å². The molecule has 5 heteroatoms. The fourth-order valence-corrected chi connectivity index (χ4v) is 3.15. The van der Waals surface area contributed by atoms with Gasteiger partial charge in [-0.1, -0.05) is 18.2 Å². The molecule has 0 spiro atoms. The molecule has 0 saturated carbocycles. The minimum absolute atomic E-state index is 0. The lowest BCUT2D eigenvalue weighted by Gasteiger charge is -2.15. The molecule has 0 unspecified atom stereocenters. The average molecular weight is 313 g/mol. The summed E-state index contributed by atoms with van der Waals surface area (Å²) in [5.74, 6) is 0.0454. The Bertz CT molecular complexity index is 552. The quantitative estimate of drug-likeness (QED) is 0.673. The first-order valence-corrected chi connectivity index (χ1v) is 7.72. The number of carbonyl (C=O) groups is 1. The topological polar surface area (TPSA) is 33.5 Å². The van der Waals surface area contributed by atoms with Gasteiger partial charge in [-0.05, 0) is 19.9 Å². The summed E-state index contributed by atoms with van der Waals surface area (Å²) in [6, 6.07) is 8.04. The van der Waals surface area contributed by atoms with Gasteiger partial charge in [-0.2, -0.15) is 0 Å². The number of halogens is 1. The Labute approximate surface area is 130 Å². The van der Waals surface area contributed by atoms with Crippen LogP contribution in [0.15, 0.2) is 29.6 Å². The number of amides is 1. The third-order valence-electron chi connectivity index (χ3n) is 3.49. The van der Waals surface area contributed by atoms with Crippen LogP contribution >= 0.6 is 11.3 Å². The Balaban J connectivity index is 0.00000200. The van der Waals surface area contributed by atoms with Gasteiger partial charge in [-0.3, -0.25) is 4.79 Å². The first kappa shape index (κ1) is 17.0. The summed E-state index contributed by atoms with van der Waals surface area (Å²) in [4.78, 5) is 13.7. The lowest BCUT2D eigenvalue weighted by Crippen LogP contribution is -3.12. The summed E-state index contributed by atoms with van der Waals surface area (Å²) < 4.78 is 1.17. The highest BCUT2D eigenvalue weighted by Crippen LogP contribution is 2.25. The second kappa shape index (κ2) is 8.25. The van der Waals surface area contributed by atoms with E-state index in [0.29, 0.717) is 0 Å². The number of hydrogen-bond acceptors (Lipinski definition) is 2. The van der Waals surface area contributed by atoms with E-state index in [2.05, 4.69) is 25.2 Å². The molecular weight excluding hydrogens is 292 g/mol. The van der Waals surface area contributed by atoms with Crippen molar-refractivity contribution in [1.29, 1.82) is 0 Å². The Morgan fingerprint density at radius 1 is 1.25 bits per heavy atom. The fraction of sp³-hybridized carbons (Fsp3) is 0.400. The Hall–Kier alpha value is -1.10. The van der Waals surface area contributed by atoms with Gasteiger partial charge in [0.25, 0.3) is 5.91 Å². The number of quaternary nitrogens is 1. The van der Waals surface area contributed by atoms with Crippen molar-refractivity contribution in [2.24, 2.45) is 0 Å². The van der Waals surface area contributed by atoms with Crippen molar-refractivity contribution in [2.75, 3.05) is 26.2 Å². The Kier molecular flexibility index (Phi) is 6.99. The molecule has 2 rings (SSSR count). The maximum atomic E-state index is 12.2. The molecule has 110 valence electrons. The van der Waals surface area contributed by atoms with Gasteiger partial charge in [0.05, 0.1) is 31.7 Å². The van der Waals surface area contributed by atoms with Gasteiger partial charge in [0, 0.05) is 15.5 Å². The molecule has 0 aliphatic heterocycles. The normalized spacial score (nSPS) is 10.6. The molecule has 2 aromatic rings. The summed E-state index contributed by atoms with van der Waals surface area (Å²) >= 11 is 1.62. The number of likely N-dealkylation sites (N-methyl/N-ethyl adjacent to an activating group) is 1. The molecule has 1 amide bonds. The molecule has 0 fully saturated rings. The fourth-order valence-electron chi connectivity index (χ4n) is 2.21. The van der Waals surface area contributed by atoms with Crippen LogP contribution in [-0.2, 0) is 0 Å². The Morgan fingerprint density at radius 3 is 2.65 bits per heavy atom. The molecule has 2 N–H and O–H groups in total. The van der Waals surface area contributed by atoms with E-state index < -0.39 is 0 Å². The van der Waals surface area contributed by atoms with Crippen LogP contribution in [0.25, 0.3) is 10.1 Å². The molecular formula is C15H21ClN2OS. The SMILES string of the molecule is CC[NH+](CC)CCNC(=O)c1csc2ccccc12.[Cl-]. The van der Waals surface area contributed by atoms with E-state index in [4.69, 9.17) is 0 Å². The Morgan fingerprint density at radius 2 is 1.95 bits per heavy atom. The van der Waals surface area contributed by atoms with E-state index in [9.17, 15) is 4.79 Å². The third kappa shape index (κ3) is 3.95. The molecule has 0 saturated heterocycles. The molecule has 1 aromatic heterocycles. The first-order valence-electron chi connectivity index (χ1n) is 6.84. The first-order chi connectivity index (χ1) is 9.26. The predicted octanol–water partition coefficient (Wildman–Crippen LogP) is -1.44. The van der Waals surface area contributed by atoms with Gasteiger partial charge in [-0.25, -0.2) is 0 Å². The van der Waals surface area contributed by atoms with Crippen molar-refractivity contribution < 1.29 is 22.1 Å². The summed E-state index contributed by atoms with van der Waals surface area (Å²) in [6.45, 7) is 8.28. The van der Waals surface area contributed by atoms with Crippen LogP contribution in [0.3, 0.4) is 0 Å². The lowest BCUT2D eigenvalue weighted by molar-refractivity contribution is -0.895. The van der Waals surface area contributed by atoms with E-state index in [1.165, 1.54) is 9.60 Å². The molecule has 0 aliphatic carbocycles. The summed E-state index contributed by atoms with van der Waals surface area (Å²) in [7, 11) is 0. The number of fused-ring (bicyclic) bond motifs is 1. The molecule has 1 heterocycles. The molecule has 0 bridgehead atoms. The highest BCUT2D eigenvalue weighted by molar-refractivity contribution is 7.17. The standard InChI is InChI=1S/C15H20N2OS.ClH/c1-3-17(4-2)10-9-16-15(18)13-11-19-14-8-6-5-7-12(13)14;/h5-8,11H,3-4,9-10H2,1-2H3,(H,16,18);1H. The maximum Gasteiger partial charge on any atom is 0.252 e. The zero-order valence-corrected chi connectivity index (χ0v) is 13.5. The van der Waals surface area contributed by atoms with Crippen LogP contribution in [-0.4, -0.2) is 32.1 Å². The third-order valence-corrected chi connectivity index (χ3v) is 4.45. The second-order valence-corrected chi connectivity index (χ2v) is 5.52. The van der Waals surface area contributed by atoms with Gasteiger partial charge >= 0.3 is 0 Å². The van der Waals surface area contributed by atoms with Crippen molar-refractivity contribution in [3.05, 3.63) is 35.2 Å². The van der Waals surface area contributed by atoms with Crippen molar-refractivity contribution >= 4 is 27.3 Å². The highest BCUT2D eigenvalue weighted by Gasteiger charge is 2.12. The van der Waals surface area contributed by atoms with Crippen LogP contribution in [0.5, 0.6) is 0 Å². The van der Waals surface area contributed by atoms with Crippen LogP contribution in [0.1, 0.15) is 24.2 Å². The smallest absolute Gasteiger partial charge is 0.252 e. The van der Waals surface area contributed by atoms with Crippen LogP contribution in [0.4, 0.5) is 0 Å². The molecule has 1 aromatic carbocycles. The van der Waals surface area contributed by atoms with Gasteiger partial charge in [-0.15, -0.1) is 11.3 Å². The van der Waals surface area contributed by atoms with Crippen molar-refractivity contribution in [3.63, 3.8) is 0 Å². The lowest BCUT2D eigenvalue weighted by atomic mass is 10.1. The second-order valence-electron chi connectivity index (χ2n) is 4.61. The summed E-state index contributed by atoms with van der Waals surface area (Å²) in [5, 5.41) is 6.03. The number of thiophene rings is 1. The molecule has 0 aliphatic rings. The number of nitrogens with one attached hydrogen (secondary N) is 2. The molecule has 0 atom stereocenters.